The van der Waals surface area contributed by atoms with E-state index in [1.165, 1.54) is 47.1 Å². The highest BCUT2D eigenvalue weighted by molar-refractivity contribution is 7.99. The summed E-state index contributed by atoms with van der Waals surface area (Å²) in [7, 11) is 1.39. The number of ether oxygens (including phenoxy) is 1. The van der Waals surface area contributed by atoms with Gasteiger partial charge in [0, 0.05) is 17.0 Å². The minimum atomic E-state index is -0.380. The molecule has 0 unspecified atom stereocenters. The van der Waals surface area contributed by atoms with Crippen molar-refractivity contribution < 1.29 is 14.3 Å². The van der Waals surface area contributed by atoms with Crippen molar-refractivity contribution in [1.29, 1.82) is 0 Å². The highest BCUT2D eigenvalue weighted by Crippen LogP contribution is 2.37. The van der Waals surface area contributed by atoms with E-state index in [1.54, 1.807) is 0 Å². The van der Waals surface area contributed by atoms with E-state index in [1.807, 2.05) is 42.7 Å². The monoisotopic (exact) mass is 498 g/mol. The average Bonchev–Trinajstić information content (AvgIpc) is 3.38. The number of benzene rings is 1. The highest BCUT2D eigenvalue weighted by Gasteiger charge is 2.26. The second-order valence-corrected chi connectivity index (χ2v) is 10.4. The van der Waals surface area contributed by atoms with Crippen LogP contribution in [0.5, 0.6) is 0 Å². The zero-order valence-corrected chi connectivity index (χ0v) is 21.5. The first-order valence-corrected chi connectivity index (χ1v) is 13.5. The summed E-state index contributed by atoms with van der Waals surface area (Å²) in [6, 6.07) is 8.16. The Hall–Kier alpha value is -2.65. The number of nitrogens with zero attached hydrogens (tertiary/aromatic N) is 3. The summed E-state index contributed by atoms with van der Waals surface area (Å²) >= 11 is 2.86. The molecule has 0 spiro atoms. The maximum atomic E-state index is 12.9. The first-order valence-electron chi connectivity index (χ1n) is 11.7. The number of fused-ring (bicyclic) bond motifs is 1. The lowest BCUT2D eigenvalue weighted by Gasteiger charge is -2.11. The molecule has 1 amide bonds. The fourth-order valence-electron chi connectivity index (χ4n) is 4.22. The van der Waals surface area contributed by atoms with Gasteiger partial charge in [0.25, 0.3) is 0 Å². The molecule has 1 aliphatic rings. The summed E-state index contributed by atoms with van der Waals surface area (Å²) < 4.78 is 7.07. The molecule has 2 aromatic heterocycles. The van der Waals surface area contributed by atoms with Crippen LogP contribution in [0.15, 0.2) is 29.4 Å². The number of hydrogen-bond acceptors (Lipinski definition) is 7. The van der Waals surface area contributed by atoms with Gasteiger partial charge in [-0.15, -0.1) is 21.5 Å². The van der Waals surface area contributed by atoms with E-state index >= 15 is 0 Å². The molecular formula is C25H30N4O3S2. The number of thiophene rings is 1. The number of aromatic nitrogens is 3. The second kappa shape index (κ2) is 11.2. The number of carbonyl (C=O) groups excluding carboxylic acids is 2. The molecule has 180 valence electrons. The maximum absolute atomic E-state index is 12.9. The van der Waals surface area contributed by atoms with Crippen molar-refractivity contribution in [2.75, 3.05) is 18.2 Å². The number of amides is 1. The first kappa shape index (κ1) is 24.5. The lowest BCUT2D eigenvalue weighted by atomic mass is 9.96. The Morgan fingerprint density at radius 2 is 1.85 bits per heavy atom. The topological polar surface area (TPSA) is 86.1 Å². The van der Waals surface area contributed by atoms with Crippen molar-refractivity contribution in [2.24, 2.45) is 0 Å². The van der Waals surface area contributed by atoms with E-state index in [-0.39, 0.29) is 17.6 Å². The van der Waals surface area contributed by atoms with Crippen LogP contribution >= 0.6 is 23.1 Å². The number of anilines is 1. The molecule has 0 saturated carbocycles. The maximum Gasteiger partial charge on any atom is 0.341 e. The minimum absolute atomic E-state index is 0.174. The van der Waals surface area contributed by atoms with Gasteiger partial charge in [-0.05, 0) is 45.1 Å². The predicted octanol–water partition coefficient (Wildman–Crippen LogP) is 5.51. The molecule has 0 radical (unpaired) electrons. The molecule has 1 aliphatic carbocycles. The SMILES string of the molecule is CCn1c(SCC(=O)Nc2sc3c(c2C(=O)OC)CCCCCC3)nnc1-c1ccc(C)cc1. The van der Waals surface area contributed by atoms with Crippen molar-refractivity contribution in [1.82, 2.24) is 14.8 Å². The first-order chi connectivity index (χ1) is 16.5. The lowest BCUT2D eigenvalue weighted by Crippen LogP contribution is -2.17. The number of rotatable bonds is 7. The molecule has 34 heavy (non-hydrogen) atoms. The second-order valence-electron chi connectivity index (χ2n) is 8.37. The average molecular weight is 499 g/mol. The van der Waals surface area contributed by atoms with Crippen molar-refractivity contribution in [3.8, 4) is 11.4 Å². The Labute approximate surface area is 208 Å². The van der Waals surface area contributed by atoms with Gasteiger partial charge in [-0.25, -0.2) is 4.79 Å². The quantitative estimate of drug-likeness (QED) is 0.341. The van der Waals surface area contributed by atoms with Gasteiger partial charge < -0.3 is 14.6 Å². The molecule has 1 aromatic carbocycles. The van der Waals surface area contributed by atoms with Crippen molar-refractivity contribution >= 4 is 40.0 Å². The lowest BCUT2D eigenvalue weighted by molar-refractivity contribution is -0.113. The van der Waals surface area contributed by atoms with Gasteiger partial charge in [0.05, 0.1) is 18.4 Å². The van der Waals surface area contributed by atoms with Crippen molar-refractivity contribution in [2.45, 2.75) is 64.1 Å². The Balaban J connectivity index is 1.49. The Kier molecular flexibility index (Phi) is 8.05. The molecule has 3 aromatic rings. The fourth-order valence-corrected chi connectivity index (χ4v) is 6.31. The minimum Gasteiger partial charge on any atom is -0.465 e. The van der Waals surface area contributed by atoms with E-state index in [9.17, 15) is 9.59 Å². The van der Waals surface area contributed by atoms with Crippen LogP contribution in [0.4, 0.5) is 5.00 Å². The van der Waals surface area contributed by atoms with Gasteiger partial charge in [-0.1, -0.05) is 54.4 Å². The summed E-state index contributed by atoms with van der Waals surface area (Å²) in [5, 5.41) is 13.0. The molecule has 0 aliphatic heterocycles. The fraction of sp³-hybridized carbons (Fsp3) is 0.440. The van der Waals surface area contributed by atoms with Crippen LogP contribution in [0, 0.1) is 6.92 Å². The molecule has 1 N–H and O–H groups in total. The number of hydrogen-bond donors (Lipinski definition) is 1. The van der Waals surface area contributed by atoms with Gasteiger partial charge in [0.2, 0.25) is 5.91 Å². The van der Waals surface area contributed by atoms with Gasteiger partial charge >= 0.3 is 5.97 Å². The number of carbonyl (C=O) groups is 2. The summed E-state index contributed by atoms with van der Waals surface area (Å²) in [6.45, 7) is 4.78. The van der Waals surface area contributed by atoms with Crippen LogP contribution in [0.2, 0.25) is 0 Å². The summed E-state index contributed by atoms with van der Waals surface area (Å²) in [5.74, 6) is 0.410. The summed E-state index contributed by atoms with van der Waals surface area (Å²) in [5.41, 5.74) is 3.76. The van der Waals surface area contributed by atoms with E-state index < -0.39 is 0 Å². The Morgan fingerprint density at radius 1 is 1.12 bits per heavy atom. The van der Waals surface area contributed by atoms with E-state index in [4.69, 9.17) is 4.74 Å². The van der Waals surface area contributed by atoms with E-state index in [2.05, 4.69) is 15.5 Å². The molecular weight excluding hydrogens is 468 g/mol. The number of esters is 1. The van der Waals surface area contributed by atoms with Gasteiger partial charge in [0.1, 0.15) is 5.00 Å². The van der Waals surface area contributed by atoms with E-state index in [0.717, 1.165) is 49.1 Å². The van der Waals surface area contributed by atoms with Gasteiger partial charge in [0.15, 0.2) is 11.0 Å². The number of thioether (sulfide) groups is 1. The van der Waals surface area contributed by atoms with Gasteiger partial charge in [-0.2, -0.15) is 0 Å². The molecule has 7 nitrogen and oxygen atoms in total. The third-order valence-electron chi connectivity index (χ3n) is 5.99. The smallest absolute Gasteiger partial charge is 0.341 e. The molecule has 0 saturated heterocycles. The number of nitrogens with one attached hydrogen (secondary N) is 1. The standard InChI is InChI=1S/C25H30N4O3S2/c1-4-29-22(17-13-11-16(2)12-14-17)27-28-25(29)33-15-20(30)26-23-21(24(31)32-3)18-9-7-5-6-8-10-19(18)34-23/h11-14H,4-10,15H2,1-3H3,(H,26,30). The van der Waals surface area contributed by atoms with Crippen LogP contribution in [0.1, 0.15) is 59.0 Å². The third-order valence-corrected chi connectivity index (χ3v) is 8.16. The molecule has 2 heterocycles. The van der Waals surface area contributed by atoms with Crippen LogP contribution in [-0.2, 0) is 28.9 Å². The van der Waals surface area contributed by atoms with Crippen molar-refractivity contribution in [3.63, 3.8) is 0 Å². The largest absolute Gasteiger partial charge is 0.465 e. The van der Waals surface area contributed by atoms with Gasteiger partial charge in [-0.3, -0.25) is 4.79 Å². The van der Waals surface area contributed by atoms with Crippen LogP contribution in [-0.4, -0.2) is 39.5 Å². The predicted molar refractivity (Wildman–Crippen MR) is 137 cm³/mol. The highest BCUT2D eigenvalue weighted by atomic mass is 32.2. The number of methoxy groups -OCH3 is 1. The molecule has 4 rings (SSSR count). The molecule has 0 bridgehead atoms. The zero-order valence-electron chi connectivity index (χ0n) is 19.8. The molecule has 9 heteroatoms. The molecule has 0 fully saturated rings. The molecule has 0 atom stereocenters. The van der Waals surface area contributed by atoms with Crippen LogP contribution < -0.4 is 5.32 Å². The zero-order chi connectivity index (χ0) is 24.1. The van der Waals surface area contributed by atoms with Crippen LogP contribution in [0.25, 0.3) is 11.4 Å². The number of aryl methyl sites for hydroxylation is 2. The van der Waals surface area contributed by atoms with Crippen molar-refractivity contribution in [3.05, 3.63) is 45.8 Å². The van der Waals surface area contributed by atoms with E-state index in [0.29, 0.717) is 22.3 Å². The normalized spacial score (nSPS) is 13.6. The summed E-state index contributed by atoms with van der Waals surface area (Å²) in [6.07, 6.45) is 6.31. The summed E-state index contributed by atoms with van der Waals surface area (Å²) in [4.78, 5) is 26.6. The van der Waals surface area contributed by atoms with Crippen LogP contribution in [0.3, 0.4) is 0 Å². The Bertz CT molecular complexity index is 1170. The third kappa shape index (κ3) is 5.36. The Morgan fingerprint density at radius 3 is 2.56 bits per heavy atom.